The highest BCUT2D eigenvalue weighted by atomic mass is 35.5. The second-order valence-electron chi connectivity index (χ2n) is 4.20. The molecule has 1 unspecified atom stereocenters. The van der Waals surface area contributed by atoms with E-state index in [4.69, 9.17) is 11.6 Å². The van der Waals surface area contributed by atoms with Gasteiger partial charge in [0.1, 0.15) is 5.82 Å². The van der Waals surface area contributed by atoms with E-state index in [2.05, 4.69) is 10.6 Å². The molecule has 5 heteroatoms. The van der Waals surface area contributed by atoms with Gasteiger partial charge < -0.3 is 10.6 Å². The lowest BCUT2D eigenvalue weighted by Gasteiger charge is -2.23. The quantitative estimate of drug-likeness (QED) is 0.867. The van der Waals surface area contributed by atoms with Crippen LogP contribution in [0.3, 0.4) is 0 Å². The van der Waals surface area contributed by atoms with E-state index >= 15 is 0 Å². The summed E-state index contributed by atoms with van der Waals surface area (Å²) in [6.07, 6.45) is 1.36. The van der Waals surface area contributed by atoms with Crippen molar-refractivity contribution in [1.82, 2.24) is 10.6 Å². The summed E-state index contributed by atoms with van der Waals surface area (Å²) in [5.41, 5.74) is 0.812. The molecule has 0 radical (unpaired) electrons. The Hall–Kier alpha value is -1.13. The molecule has 0 aliphatic carbocycles. The molecule has 0 spiro atoms. The summed E-state index contributed by atoms with van der Waals surface area (Å²) in [5, 5.41) is 6.46. The van der Waals surface area contributed by atoms with Crippen LogP contribution in [-0.4, -0.2) is 18.5 Å². The van der Waals surface area contributed by atoms with Gasteiger partial charge in [0.15, 0.2) is 0 Å². The first-order valence-electron chi connectivity index (χ1n) is 5.58. The second-order valence-corrected chi connectivity index (χ2v) is 4.63. The van der Waals surface area contributed by atoms with Crippen LogP contribution in [0, 0.1) is 5.82 Å². The summed E-state index contributed by atoms with van der Waals surface area (Å²) in [6, 6.07) is 4.72. The molecule has 1 aliphatic heterocycles. The van der Waals surface area contributed by atoms with Crippen LogP contribution in [0.2, 0.25) is 5.02 Å². The van der Waals surface area contributed by atoms with Gasteiger partial charge in [-0.25, -0.2) is 4.39 Å². The number of nitrogens with one attached hydrogen (secondary N) is 2. The van der Waals surface area contributed by atoms with Gasteiger partial charge in [0, 0.05) is 30.6 Å². The lowest BCUT2D eigenvalue weighted by Crippen LogP contribution is -2.45. The second kappa shape index (κ2) is 5.47. The van der Waals surface area contributed by atoms with Crippen molar-refractivity contribution in [2.75, 3.05) is 6.54 Å². The van der Waals surface area contributed by atoms with E-state index in [-0.39, 0.29) is 17.8 Å². The molecule has 1 amide bonds. The number of hydrogen-bond acceptors (Lipinski definition) is 2. The smallest absolute Gasteiger partial charge is 0.220 e. The Morgan fingerprint density at radius 3 is 2.94 bits per heavy atom. The topological polar surface area (TPSA) is 41.1 Å². The van der Waals surface area contributed by atoms with Crippen LogP contribution in [0.4, 0.5) is 4.39 Å². The largest absolute Gasteiger partial charge is 0.355 e. The van der Waals surface area contributed by atoms with E-state index < -0.39 is 0 Å². The zero-order chi connectivity index (χ0) is 12.3. The Balaban J connectivity index is 1.87. The molecule has 1 aromatic carbocycles. The predicted octanol–water partition coefficient (Wildman–Crippen LogP) is 1.85. The Bertz CT molecular complexity index is 395. The number of amides is 1. The van der Waals surface area contributed by atoms with Crippen molar-refractivity contribution >= 4 is 17.5 Å². The number of carbonyl (C=O) groups is 1. The van der Waals surface area contributed by atoms with E-state index in [1.54, 1.807) is 6.07 Å². The van der Waals surface area contributed by atoms with Crippen LogP contribution < -0.4 is 10.6 Å². The first kappa shape index (κ1) is 12.3. The van der Waals surface area contributed by atoms with Crippen molar-refractivity contribution in [3.05, 3.63) is 34.6 Å². The summed E-state index contributed by atoms with van der Waals surface area (Å²) in [6.45, 7) is 1.18. The molecule has 1 aromatic rings. The fourth-order valence-corrected chi connectivity index (χ4v) is 2.13. The van der Waals surface area contributed by atoms with Crippen LogP contribution in [0.5, 0.6) is 0 Å². The minimum atomic E-state index is -0.328. The minimum absolute atomic E-state index is 0.0943. The highest BCUT2D eigenvalue weighted by molar-refractivity contribution is 6.30. The number of piperidine rings is 1. The van der Waals surface area contributed by atoms with Gasteiger partial charge in [-0.05, 0) is 30.2 Å². The fraction of sp³-hybridized carbons (Fsp3) is 0.417. The van der Waals surface area contributed by atoms with Crippen LogP contribution >= 0.6 is 11.6 Å². The van der Waals surface area contributed by atoms with E-state index in [0.717, 1.165) is 12.0 Å². The summed E-state index contributed by atoms with van der Waals surface area (Å²) >= 11 is 5.77. The molecule has 0 aromatic heterocycles. The fourth-order valence-electron chi connectivity index (χ4n) is 1.88. The average molecular weight is 257 g/mol. The number of halogens is 2. The SMILES string of the molecule is O=C1CCC(NCc2cc(F)cc(Cl)c2)CN1. The van der Waals surface area contributed by atoms with Crippen LogP contribution in [-0.2, 0) is 11.3 Å². The van der Waals surface area contributed by atoms with Gasteiger partial charge in [-0.2, -0.15) is 0 Å². The van der Waals surface area contributed by atoms with Crippen LogP contribution in [0.15, 0.2) is 18.2 Å². The van der Waals surface area contributed by atoms with Crippen molar-refractivity contribution in [2.24, 2.45) is 0 Å². The van der Waals surface area contributed by atoms with E-state index in [0.29, 0.717) is 24.5 Å². The zero-order valence-electron chi connectivity index (χ0n) is 9.30. The molecule has 1 heterocycles. The summed E-state index contributed by atoms with van der Waals surface area (Å²) in [7, 11) is 0. The van der Waals surface area contributed by atoms with Crippen molar-refractivity contribution in [3.8, 4) is 0 Å². The molecule has 17 heavy (non-hydrogen) atoms. The van der Waals surface area contributed by atoms with E-state index in [9.17, 15) is 9.18 Å². The summed E-state index contributed by atoms with van der Waals surface area (Å²) in [5.74, 6) is -0.233. The third kappa shape index (κ3) is 3.68. The van der Waals surface area contributed by atoms with Gasteiger partial charge >= 0.3 is 0 Å². The molecule has 0 bridgehead atoms. The van der Waals surface area contributed by atoms with Gasteiger partial charge in [0.05, 0.1) is 0 Å². The van der Waals surface area contributed by atoms with E-state index in [1.165, 1.54) is 12.1 Å². The number of hydrogen-bond donors (Lipinski definition) is 2. The average Bonchev–Trinajstić information content (AvgIpc) is 2.27. The predicted molar refractivity (Wildman–Crippen MR) is 64.3 cm³/mol. The lowest BCUT2D eigenvalue weighted by molar-refractivity contribution is -0.122. The first-order valence-corrected chi connectivity index (χ1v) is 5.96. The summed E-state index contributed by atoms with van der Waals surface area (Å²) in [4.78, 5) is 11.0. The maximum absolute atomic E-state index is 13.1. The normalized spacial score (nSPS) is 20.1. The van der Waals surface area contributed by atoms with E-state index in [1.807, 2.05) is 0 Å². The Labute approximate surface area is 104 Å². The summed E-state index contributed by atoms with van der Waals surface area (Å²) < 4.78 is 13.1. The molecular formula is C12H14ClFN2O. The first-order chi connectivity index (χ1) is 8.13. The number of benzene rings is 1. The number of carbonyl (C=O) groups excluding carboxylic acids is 1. The molecule has 0 saturated carbocycles. The Morgan fingerprint density at radius 2 is 2.29 bits per heavy atom. The van der Waals surface area contributed by atoms with Gasteiger partial charge in [-0.1, -0.05) is 11.6 Å². The van der Waals surface area contributed by atoms with Crippen LogP contribution in [0.1, 0.15) is 18.4 Å². The number of rotatable bonds is 3. The third-order valence-electron chi connectivity index (χ3n) is 2.78. The maximum Gasteiger partial charge on any atom is 0.220 e. The molecule has 1 aliphatic rings. The molecule has 1 saturated heterocycles. The highest BCUT2D eigenvalue weighted by Gasteiger charge is 2.17. The van der Waals surface area contributed by atoms with Gasteiger partial charge in [-0.15, -0.1) is 0 Å². The van der Waals surface area contributed by atoms with Gasteiger partial charge in [0.2, 0.25) is 5.91 Å². The van der Waals surface area contributed by atoms with Crippen molar-refractivity contribution in [1.29, 1.82) is 0 Å². The minimum Gasteiger partial charge on any atom is -0.355 e. The van der Waals surface area contributed by atoms with Crippen LogP contribution in [0.25, 0.3) is 0 Å². The molecule has 92 valence electrons. The zero-order valence-corrected chi connectivity index (χ0v) is 10.1. The van der Waals surface area contributed by atoms with Crippen molar-refractivity contribution < 1.29 is 9.18 Å². The Morgan fingerprint density at radius 1 is 1.47 bits per heavy atom. The molecular weight excluding hydrogens is 243 g/mol. The highest BCUT2D eigenvalue weighted by Crippen LogP contribution is 2.14. The van der Waals surface area contributed by atoms with Crippen molar-refractivity contribution in [3.63, 3.8) is 0 Å². The van der Waals surface area contributed by atoms with Gasteiger partial charge in [-0.3, -0.25) is 4.79 Å². The molecule has 3 nitrogen and oxygen atoms in total. The van der Waals surface area contributed by atoms with Crippen molar-refractivity contribution in [2.45, 2.75) is 25.4 Å². The molecule has 1 atom stereocenters. The molecule has 2 N–H and O–H groups in total. The molecule has 2 rings (SSSR count). The maximum atomic E-state index is 13.1. The lowest BCUT2D eigenvalue weighted by atomic mass is 10.1. The monoisotopic (exact) mass is 256 g/mol. The standard InChI is InChI=1S/C12H14ClFN2O/c13-9-3-8(4-10(14)5-9)6-15-11-1-2-12(17)16-7-11/h3-5,11,15H,1-2,6-7H2,(H,16,17). The third-order valence-corrected chi connectivity index (χ3v) is 3.00. The van der Waals surface area contributed by atoms with Gasteiger partial charge in [0.25, 0.3) is 0 Å². The Kier molecular flexibility index (Phi) is 3.97. The molecule has 1 fully saturated rings.